The molecular formula is C16H12N8O3S. The lowest BCUT2D eigenvalue weighted by Gasteiger charge is -2.06. The molecule has 0 radical (unpaired) electrons. The fraction of sp³-hybridized carbons (Fsp3) is 0.125. The van der Waals surface area contributed by atoms with Gasteiger partial charge in [0.15, 0.2) is 10.8 Å². The highest BCUT2D eigenvalue weighted by Gasteiger charge is 2.15. The van der Waals surface area contributed by atoms with Gasteiger partial charge in [0, 0.05) is 17.8 Å². The molecule has 0 aliphatic carbocycles. The van der Waals surface area contributed by atoms with Gasteiger partial charge in [0.25, 0.3) is 0 Å². The molecule has 28 heavy (non-hydrogen) atoms. The third kappa shape index (κ3) is 3.27. The second-order valence-electron chi connectivity index (χ2n) is 5.62. The highest BCUT2D eigenvalue weighted by Crippen LogP contribution is 2.44. The molecule has 140 valence electrons. The van der Waals surface area contributed by atoms with Crippen LogP contribution in [0.3, 0.4) is 0 Å². The number of aromatic hydroxyl groups is 2. The molecule has 0 fully saturated rings. The molecule has 0 unspecified atom stereocenters. The Balaban J connectivity index is 1.70. The van der Waals surface area contributed by atoms with Crippen molar-refractivity contribution in [2.24, 2.45) is 20.5 Å². The van der Waals surface area contributed by atoms with Crippen LogP contribution in [0, 0.1) is 13.8 Å². The highest BCUT2D eigenvalue weighted by atomic mass is 32.1. The largest absolute Gasteiger partial charge is 0.505 e. The summed E-state index contributed by atoms with van der Waals surface area (Å²) in [5, 5.41) is 40.4. The van der Waals surface area contributed by atoms with Gasteiger partial charge in [0.2, 0.25) is 0 Å². The van der Waals surface area contributed by atoms with E-state index in [4.69, 9.17) is 4.52 Å². The van der Waals surface area contributed by atoms with Crippen LogP contribution in [0.4, 0.5) is 22.4 Å². The summed E-state index contributed by atoms with van der Waals surface area (Å²) in [6.45, 7) is 3.16. The van der Waals surface area contributed by atoms with Crippen molar-refractivity contribution in [1.29, 1.82) is 0 Å². The number of benzene rings is 1. The number of hydrogen-bond acceptors (Lipinski definition) is 12. The van der Waals surface area contributed by atoms with E-state index < -0.39 is 0 Å². The minimum Gasteiger partial charge on any atom is -0.505 e. The molecule has 0 atom stereocenters. The third-order valence-electron chi connectivity index (χ3n) is 3.70. The lowest BCUT2D eigenvalue weighted by atomic mass is 10.1. The van der Waals surface area contributed by atoms with Gasteiger partial charge < -0.3 is 14.7 Å². The van der Waals surface area contributed by atoms with Gasteiger partial charge in [-0.15, -0.1) is 15.3 Å². The van der Waals surface area contributed by atoms with E-state index in [1.165, 1.54) is 13.0 Å². The summed E-state index contributed by atoms with van der Waals surface area (Å²) in [4.78, 5) is 8.12. The number of fused-ring (bicyclic) bond motifs is 1. The van der Waals surface area contributed by atoms with Gasteiger partial charge >= 0.3 is 6.01 Å². The van der Waals surface area contributed by atoms with Gasteiger partial charge in [-0.3, -0.25) is 4.98 Å². The number of phenols is 2. The molecule has 0 aliphatic heterocycles. The van der Waals surface area contributed by atoms with Crippen LogP contribution in [-0.4, -0.2) is 29.7 Å². The number of hydrogen-bond donors (Lipinski definition) is 2. The maximum atomic E-state index is 10.3. The van der Waals surface area contributed by atoms with Crippen LogP contribution in [-0.2, 0) is 0 Å². The Kier molecular flexibility index (Phi) is 4.45. The zero-order valence-electron chi connectivity index (χ0n) is 14.6. The van der Waals surface area contributed by atoms with Crippen molar-refractivity contribution in [3.05, 3.63) is 35.8 Å². The predicted molar refractivity (Wildman–Crippen MR) is 99.3 cm³/mol. The summed E-state index contributed by atoms with van der Waals surface area (Å²) in [6, 6.07) is 4.87. The summed E-state index contributed by atoms with van der Waals surface area (Å²) in [5.41, 5.74) is 1.66. The molecule has 1 aromatic carbocycles. The smallest absolute Gasteiger partial charge is 0.366 e. The number of aromatic nitrogens is 4. The molecule has 4 rings (SSSR count). The molecule has 0 saturated carbocycles. The van der Waals surface area contributed by atoms with Crippen molar-refractivity contribution in [3.8, 4) is 11.5 Å². The lowest BCUT2D eigenvalue weighted by Crippen LogP contribution is -1.79. The van der Waals surface area contributed by atoms with Crippen molar-refractivity contribution in [2.75, 3.05) is 0 Å². The Morgan fingerprint density at radius 1 is 1.04 bits per heavy atom. The highest BCUT2D eigenvalue weighted by molar-refractivity contribution is 7.11. The van der Waals surface area contributed by atoms with E-state index in [9.17, 15) is 10.2 Å². The van der Waals surface area contributed by atoms with Crippen molar-refractivity contribution in [2.45, 2.75) is 13.8 Å². The second kappa shape index (κ2) is 7.08. The molecule has 11 nitrogen and oxygen atoms in total. The lowest BCUT2D eigenvalue weighted by molar-refractivity contribution is 0.420. The fourth-order valence-corrected chi connectivity index (χ4v) is 2.93. The number of phenolic OH excluding ortho intramolecular Hbond substituents is 2. The fourth-order valence-electron chi connectivity index (χ4n) is 2.27. The van der Waals surface area contributed by atoms with Crippen LogP contribution in [0.25, 0.3) is 11.0 Å². The van der Waals surface area contributed by atoms with E-state index in [1.54, 1.807) is 19.2 Å². The molecular weight excluding hydrogens is 384 g/mol. The Morgan fingerprint density at radius 2 is 1.79 bits per heavy atom. The average molecular weight is 396 g/mol. The molecule has 2 N–H and O–H groups in total. The van der Waals surface area contributed by atoms with Gasteiger partial charge in [-0.1, -0.05) is 10.3 Å². The summed E-state index contributed by atoms with van der Waals surface area (Å²) in [5.74, 6) is -0.0723. The summed E-state index contributed by atoms with van der Waals surface area (Å²) < 4.78 is 9.07. The van der Waals surface area contributed by atoms with Crippen molar-refractivity contribution in [1.82, 2.24) is 19.5 Å². The van der Waals surface area contributed by atoms with E-state index >= 15 is 0 Å². The van der Waals surface area contributed by atoms with Crippen LogP contribution in [0.5, 0.6) is 11.5 Å². The predicted octanol–water partition coefficient (Wildman–Crippen LogP) is 4.93. The first-order valence-corrected chi connectivity index (χ1v) is 8.70. The molecule has 3 aromatic heterocycles. The molecule has 3 heterocycles. The minimum atomic E-state index is -0.249. The van der Waals surface area contributed by atoms with Crippen LogP contribution in [0.1, 0.15) is 11.4 Å². The van der Waals surface area contributed by atoms with Gasteiger partial charge in [0.05, 0.1) is 0 Å². The first-order valence-electron chi connectivity index (χ1n) is 7.92. The summed E-state index contributed by atoms with van der Waals surface area (Å²) >= 11 is 1.14. The van der Waals surface area contributed by atoms with E-state index in [-0.39, 0.29) is 34.5 Å². The first kappa shape index (κ1) is 17.6. The van der Waals surface area contributed by atoms with Gasteiger partial charge in [-0.25, -0.2) is 0 Å². The van der Waals surface area contributed by atoms with Crippen LogP contribution in [0.2, 0.25) is 0 Å². The Morgan fingerprint density at radius 3 is 2.50 bits per heavy atom. The monoisotopic (exact) mass is 396 g/mol. The molecule has 4 aromatic rings. The van der Waals surface area contributed by atoms with E-state index in [0.717, 1.165) is 11.5 Å². The zero-order valence-corrected chi connectivity index (χ0v) is 15.4. The maximum absolute atomic E-state index is 10.3. The van der Waals surface area contributed by atoms with Gasteiger partial charge in [-0.05, 0) is 37.5 Å². The molecule has 12 heteroatoms. The molecule has 0 saturated heterocycles. The number of pyridine rings is 1. The topological polar surface area (TPSA) is 155 Å². The Bertz CT molecular complexity index is 1230. The zero-order chi connectivity index (χ0) is 19.7. The van der Waals surface area contributed by atoms with E-state index in [1.807, 2.05) is 6.07 Å². The van der Waals surface area contributed by atoms with Crippen LogP contribution >= 0.6 is 11.5 Å². The minimum absolute atomic E-state index is 0.0620. The van der Waals surface area contributed by atoms with Gasteiger partial charge in [-0.2, -0.15) is 9.36 Å². The Labute approximate surface area is 161 Å². The van der Waals surface area contributed by atoms with E-state index in [0.29, 0.717) is 21.9 Å². The number of aryl methyl sites for hydroxylation is 1. The van der Waals surface area contributed by atoms with Crippen LogP contribution in [0.15, 0.2) is 49.4 Å². The first-order chi connectivity index (χ1) is 13.5. The van der Waals surface area contributed by atoms with E-state index in [2.05, 4.69) is 40.0 Å². The Hall–Kier alpha value is -3.80. The average Bonchev–Trinajstić information content (AvgIpc) is 3.31. The van der Waals surface area contributed by atoms with Crippen LogP contribution < -0.4 is 0 Å². The van der Waals surface area contributed by atoms with Crippen molar-refractivity contribution < 1.29 is 14.7 Å². The van der Waals surface area contributed by atoms with Crippen molar-refractivity contribution >= 4 is 45.0 Å². The number of nitrogens with zero attached hydrogens (tertiary/aromatic N) is 8. The molecule has 0 bridgehead atoms. The number of azo groups is 2. The molecule has 0 amide bonds. The standard InChI is InChI=1S/C16H12N8O3S/c1-7-13(25)10(19-21-15-12-9(24-28-15)4-3-5-17-12)6-11(14(7)26)20-22-16-18-8(2)23-27-16/h3-6,25-26H,1-2H3. The summed E-state index contributed by atoms with van der Waals surface area (Å²) in [7, 11) is 0. The summed E-state index contributed by atoms with van der Waals surface area (Å²) in [6.07, 6.45) is 1.63. The van der Waals surface area contributed by atoms with Gasteiger partial charge in [0.1, 0.15) is 33.9 Å². The normalized spacial score (nSPS) is 11.9. The maximum Gasteiger partial charge on any atom is 0.366 e. The third-order valence-corrected chi connectivity index (χ3v) is 4.43. The van der Waals surface area contributed by atoms with Crippen molar-refractivity contribution in [3.63, 3.8) is 0 Å². The molecule has 0 spiro atoms. The second-order valence-corrected chi connectivity index (χ2v) is 6.37. The molecule has 0 aliphatic rings. The quantitative estimate of drug-likeness (QED) is 0.463. The SMILES string of the molecule is Cc1noc(N=Nc2cc(N=Nc3snc4cccnc34)c(O)c(C)c2O)n1. The number of rotatable bonds is 4.